The Balaban J connectivity index is 1.78. The van der Waals surface area contributed by atoms with Gasteiger partial charge in [-0.25, -0.2) is 0 Å². The number of benzene rings is 2. The van der Waals surface area contributed by atoms with Crippen LogP contribution in [-0.4, -0.2) is 22.7 Å². The number of oxime groups is 1. The van der Waals surface area contributed by atoms with Gasteiger partial charge in [0.15, 0.2) is 0 Å². The van der Waals surface area contributed by atoms with Crippen molar-refractivity contribution in [2.75, 3.05) is 7.05 Å². The molecule has 1 heterocycles. The van der Waals surface area contributed by atoms with Gasteiger partial charge >= 0.3 is 0 Å². The Hall–Kier alpha value is -2.79. The van der Waals surface area contributed by atoms with E-state index in [1.54, 1.807) is 0 Å². The van der Waals surface area contributed by atoms with Crippen molar-refractivity contribution in [2.45, 2.75) is 37.7 Å². The lowest BCUT2D eigenvalue weighted by molar-refractivity contribution is 0.127. The van der Waals surface area contributed by atoms with E-state index < -0.39 is 5.41 Å². The van der Waals surface area contributed by atoms with E-state index in [0.717, 1.165) is 58.3 Å². The standard InChI is InChI=1S/C24H25N3OS/c1-25-23(29)24(21-16-26-15-19-11-5-6-12-20(19)21)14-8-7-13-22(24)27-28-17-18-9-3-2-4-10-18/h2-6,9-12,15-16H,7-8,13-14,17H2,1H3,(H,25,29)/b27-22-. The van der Waals surface area contributed by atoms with Crippen LogP contribution < -0.4 is 5.32 Å². The molecule has 1 aliphatic rings. The van der Waals surface area contributed by atoms with E-state index in [1.807, 2.05) is 55.8 Å². The van der Waals surface area contributed by atoms with Gasteiger partial charge in [0.1, 0.15) is 6.61 Å². The molecule has 0 spiro atoms. The smallest absolute Gasteiger partial charge is 0.142 e. The number of likely N-dealkylation sites (N-methyl/N-ethyl adjacent to an activating group) is 1. The van der Waals surface area contributed by atoms with Gasteiger partial charge < -0.3 is 10.2 Å². The average molecular weight is 404 g/mol. The number of pyridine rings is 1. The highest BCUT2D eigenvalue weighted by atomic mass is 32.1. The van der Waals surface area contributed by atoms with Gasteiger partial charge in [-0.2, -0.15) is 0 Å². The molecule has 1 atom stereocenters. The van der Waals surface area contributed by atoms with E-state index in [4.69, 9.17) is 17.1 Å². The summed E-state index contributed by atoms with van der Waals surface area (Å²) in [6.07, 6.45) is 7.78. The zero-order chi connectivity index (χ0) is 20.1. The molecule has 1 fully saturated rings. The van der Waals surface area contributed by atoms with Crippen molar-refractivity contribution in [3.63, 3.8) is 0 Å². The largest absolute Gasteiger partial charge is 0.391 e. The maximum absolute atomic E-state index is 5.88. The van der Waals surface area contributed by atoms with Gasteiger partial charge in [-0.05, 0) is 35.8 Å². The van der Waals surface area contributed by atoms with Crippen LogP contribution in [0.4, 0.5) is 0 Å². The van der Waals surface area contributed by atoms with Crippen LogP contribution in [-0.2, 0) is 16.9 Å². The summed E-state index contributed by atoms with van der Waals surface area (Å²) >= 11 is 5.88. The van der Waals surface area contributed by atoms with E-state index in [-0.39, 0.29) is 0 Å². The van der Waals surface area contributed by atoms with Crippen LogP contribution in [0.3, 0.4) is 0 Å². The SMILES string of the molecule is CNC(=S)C1(c2cncc3ccccc23)CCCC/C1=N/OCc1ccccc1. The summed E-state index contributed by atoms with van der Waals surface area (Å²) < 4.78 is 0. The van der Waals surface area contributed by atoms with Gasteiger partial charge in [-0.3, -0.25) is 4.98 Å². The van der Waals surface area contributed by atoms with Crippen molar-refractivity contribution in [2.24, 2.45) is 5.16 Å². The van der Waals surface area contributed by atoms with Crippen LogP contribution in [0.5, 0.6) is 0 Å². The quantitative estimate of drug-likeness (QED) is 0.472. The van der Waals surface area contributed by atoms with Gasteiger partial charge in [-0.1, -0.05) is 78.4 Å². The minimum absolute atomic E-state index is 0.445. The summed E-state index contributed by atoms with van der Waals surface area (Å²) in [5.74, 6) is 0. The van der Waals surface area contributed by atoms with Crippen molar-refractivity contribution in [1.82, 2.24) is 10.3 Å². The summed E-state index contributed by atoms with van der Waals surface area (Å²) in [7, 11) is 1.89. The third-order valence-electron chi connectivity index (χ3n) is 5.70. The van der Waals surface area contributed by atoms with Gasteiger partial charge in [0.2, 0.25) is 0 Å². The first-order valence-corrected chi connectivity index (χ1v) is 10.4. The zero-order valence-corrected chi connectivity index (χ0v) is 17.4. The molecule has 0 aliphatic heterocycles. The van der Waals surface area contributed by atoms with Gasteiger partial charge in [0.05, 0.1) is 16.1 Å². The summed E-state index contributed by atoms with van der Waals surface area (Å²) in [4.78, 5) is 11.1. The number of thiocarbonyl (C=S) groups is 1. The molecule has 0 saturated heterocycles. The number of rotatable bonds is 5. The van der Waals surface area contributed by atoms with Gasteiger partial charge in [0, 0.05) is 24.8 Å². The molecule has 0 bridgehead atoms. The van der Waals surface area contributed by atoms with Gasteiger partial charge in [0.25, 0.3) is 0 Å². The summed E-state index contributed by atoms with van der Waals surface area (Å²) in [5.41, 5.74) is 2.70. The normalized spacial score (nSPS) is 20.5. The molecule has 0 radical (unpaired) electrons. The Bertz CT molecular complexity index is 1030. The Labute approximate surface area is 177 Å². The number of aromatic nitrogens is 1. The zero-order valence-electron chi connectivity index (χ0n) is 16.6. The average Bonchev–Trinajstić information content (AvgIpc) is 2.79. The number of nitrogens with one attached hydrogen (secondary N) is 1. The van der Waals surface area contributed by atoms with E-state index in [9.17, 15) is 0 Å². The van der Waals surface area contributed by atoms with E-state index >= 15 is 0 Å². The molecule has 29 heavy (non-hydrogen) atoms. The minimum Gasteiger partial charge on any atom is -0.391 e. The number of fused-ring (bicyclic) bond motifs is 1. The topological polar surface area (TPSA) is 46.5 Å². The second-order valence-corrected chi connectivity index (χ2v) is 7.81. The van der Waals surface area contributed by atoms with Crippen molar-refractivity contribution >= 4 is 33.7 Å². The Morgan fingerprint density at radius 1 is 1.10 bits per heavy atom. The Morgan fingerprint density at radius 2 is 1.90 bits per heavy atom. The maximum Gasteiger partial charge on any atom is 0.142 e. The first kappa shape index (κ1) is 19.5. The predicted octanol–water partition coefficient (Wildman–Crippen LogP) is 5.17. The number of nitrogens with zero attached hydrogens (tertiary/aromatic N) is 2. The van der Waals surface area contributed by atoms with E-state index in [2.05, 4.69) is 33.7 Å². The summed E-state index contributed by atoms with van der Waals surface area (Å²) in [6.45, 7) is 0.445. The van der Waals surface area contributed by atoms with Crippen LogP contribution in [0.1, 0.15) is 36.8 Å². The van der Waals surface area contributed by atoms with Crippen molar-refractivity contribution in [1.29, 1.82) is 0 Å². The fourth-order valence-corrected chi connectivity index (χ4v) is 4.58. The lowest BCUT2D eigenvalue weighted by Gasteiger charge is -2.39. The molecule has 1 aromatic heterocycles. The highest BCUT2D eigenvalue weighted by molar-refractivity contribution is 7.80. The molecule has 1 N–H and O–H groups in total. The van der Waals surface area contributed by atoms with Crippen molar-refractivity contribution < 1.29 is 4.84 Å². The Morgan fingerprint density at radius 3 is 2.72 bits per heavy atom. The lowest BCUT2D eigenvalue weighted by Crippen LogP contribution is -2.50. The Kier molecular flexibility index (Phi) is 5.86. The molecule has 2 aromatic carbocycles. The molecule has 1 unspecified atom stereocenters. The number of hydrogen-bond donors (Lipinski definition) is 1. The molecule has 1 saturated carbocycles. The molecule has 4 rings (SSSR count). The molecular weight excluding hydrogens is 378 g/mol. The first-order chi connectivity index (χ1) is 14.3. The second-order valence-electron chi connectivity index (χ2n) is 7.40. The molecule has 1 aliphatic carbocycles. The van der Waals surface area contributed by atoms with Crippen LogP contribution in [0.25, 0.3) is 10.8 Å². The van der Waals surface area contributed by atoms with Crippen LogP contribution in [0.15, 0.2) is 72.1 Å². The minimum atomic E-state index is -0.493. The van der Waals surface area contributed by atoms with Crippen molar-refractivity contribution in [3.05, 3.63) is 78.1 Å². The molecular formula is C24H25N3OS. The highest BCUT2D eigenvalue weighted by Gasteiger charge is 2.45. The fraction of sp³-hybridized carbons (Fsp3) is 0.292. The van der Waals surface area contributed by atoms with Crippen LogP contribution >= 0.6 is 12.2 Å². The van der Waals surface area contributed by atoms with Crippen LogP contribution in [0, 0.1) is 0 Å². The predicted molar refractivity (Wildman–Crippen MR) is 122 cm³/mol. The van der Waals surface area contributed by atoms with E-state index in [0.29, 0.717) is 6.61 Å². The van der Waals surface area contributed by atoms with Crippen LogP contribution in [0.2, 0.25) is 0 Å². The van der Waals surface area contributed by atoms with E-state index in [1.165, 1.54) is 0 Å². The van der Waals surface area contributed by atoms with Gasteiger partial charge in [-0.15, -0.1) is 0 Å². The first-order valence-electron chi connectivity index (χ1n) is 10.0. The molecule has 4 nitrogen and oxygen atoms in total. The number of hydrogen-bond acceptors (Lipinski definition) is 4. The van der Waals surface area contributed by atoms with Crippen molar-refractivity contribution in [3.8, 4) is 0 Å². The summed E-state index contributed by atoms with van der Waals surface area (Å²) in [5, 5.41) is 10.2. The monoisotopic (exact) mass is 403 g/mol. The molecule has 148 valence electrons. The fourth-order valence-electron chi connectivity index (χ4n) is 4.25. The third-order valence-corrected chi connectivity index (χ3v) is 6.25. The third kappa shape index (κ3) is 3.75. The second kappa shape index (κ2) is 8.70. The highest BCUT2D eigenvalue weighted by Crippen LogP contribution is 2.41. The molecule has 0 amide bonds. The molecule has 5 heteroatoms. The lowest BCUT2D eigenvalue weighted by atomic mass is 9.67. The molecule has 3 aromatic rings. The summed E-state index contributed by atoms with van der Waals surface area (Å²) in [6, 6.07) is 18.4. The maximum atomic E-state index is 5.88.